The van der Waals surface area contributed by atoms with Crippen molar-refractivity contribution in [3.63, 3.8) is 0 Å². The number of rotatable bonds is 3. The second-order valence-electron chi connectivity index (χ2n) is 5.20. The zero-order valence-electron chi connectivity index (χ0n) is 11.8. The standard InChI is InChI=1S/C18H15NO2/c1-12(2)19-10-17-15(7-4-8-16(17)18(19)21)14-6-3-5-13(9-14)11-20/h3-9,11H,1,10H2,2H3. The van der Waals surface area contributed by atoms with Gasteiger partial charge in [-0.2, -0.15) is 0 Å². The highest BCUT2D eigenvalue weighted by molar-refractivity contribution is 6.01. The molecule has 0 saturated carbocycles. The Morgan fingerprint density at radius 2 is 1.90 bits per heavy atom. The Morgan fingerprint density at radius 3 is 2.62 bits per heavy atom. The fourth-order valence-corrected chi connectivity index (χ4v) is 2.69. The molecule has 0 fully saturated rings. The summed E-state index contributed by atoms with van der Waals surface area (Å²) in [7, 11) is 0. The van der Waals surface area contributed by atoms with Crippen molar-refractivity contribution in [1.82, 2.24) is 4.90 Å². The summed E-state index contributed by atoms with van der Waals surface area (Å²) in [5, 5.41) is 0. The smallest absolute Gasteiger partial charge is 0.258 e. The van der Waals surface area contributed by atoms with Crippen LogP contribution < -0.4 is 0 Å². The molecule has 0 aliphatic carbocycles. The van der Waals surface area contributed by atoms with Gasteiger partial charge in [0.15, 0.2) is 0 Å². The molecule has 0 N–H and O–H groups in total. The second-order valence-corrected chi connectivity index (χ2v) is 5.20. The summed E-state index contributed by atoms with van der Waals surface area (Å²) in [6.45, 7) is 6.22. The average Bonchev–Trinajstić information content (AvgIpc) is 2.85. The molecule has 0 atom stereocenters. The molecule has 2 aromatic carbocycles. The van der Waals surface area contributed by atoms with E-state index in [0.29, 0.717) is 17.7 Å². The Hall–Kier alpha value is -2.68. The first-order valence-corrected chi connectivity index (χ1v) is 6.76. The lowest BCUT2D eigenvalue weighted by atomic mass is 9.96. The highest BCUT2D eigenvalue weighted by Crippen LogP contribution is 2.34. The lowest BCUT2D eigenvalue weighted by Gasteiger charge is -2.14. The number of hydrogen-bond donors (Lipinski definition) is 0. The van der Waals surface area contributed by atoms with E-state index in [-0.39, 0.29) is 5.91 Å². The van der Waals surface area contributed by atoms with Gasteiger partial charge in [-0.25, -0.2) is 0 Å². The van der Waals surface area contributed by atoms with Crippen LogP contribution >= 0.6 is 0 Å². The molecular formula is C18H15NO2. The van der Waals surface area contributed by atoms with Crippen LogP contribution in [-0.4, -0.2) is 17.1 Å². The van der Waals surface area contributed by atoms with Crippen LogP contribution in [0, 0.1) is 0 Å². The molecule has 0 spiro atoms. The van der Waals surface area contributed by atoms with Gasteiger partial charge in [-0.05, 0) is 35.7 Å². The van der Waals surface area contributed by atoms with Gasteiger partial charge in [0, 0.05) is 16.8 Å². The van der Waals surface area contributed by atoms with Gasteiger partial charge in [-0.1, -0.05) is 36.9 Å². The quantitative estimate of drug-likeness (QED) is 0.803. The van der Waals surface area contributed by atoms with Crippen LogP contribution in [0.1, 0.15) is 33.2 Å². The molecule has 0 radical (unpaired) electrons. The van der Waals surface area contributed by atoms with Gasteiger partial charge < -0.3 is 4.90 Å². The Kier molecular flexibility index (Phi) is 3.18. The molecule has 21 heavy (non-hydrogen) atoms. The minimum atomic E-state index is -0.00843. The Labute approximate surface area is 123 Å². The van der Waals surface area contributed by atoms with E-state index in [1.54, 1.807) is 11.0 Å². The molecule has 1 aliphatic rings. The van der Waals surface area contributed by atoms with E-state index in [1.807, 2.05) is 43.3 Å². The molecule has 3 nitrogen and oxygen atoms in total. The first-order chi connectivity index (χ1) is 10.1. The summed E-state index contributed by atoms with van der Waals surface area (Å²) in [6, 6.07) is 13.1. The van der Waals surface area contributed by atoms with Crippen LogP contribution in [0.15, 0.2) is 54.7 Å². The van der Waals surface area contributed by atoms with Gasteiger partial charge in [0.25, 0.3) is 5.91 Å². The van der Waals surface area contributed by atoms with Crippen LogP contribution in [-0.2, 0) is 6.54 Å². The normalized spacial score (nSPS) is 13.2. The van der Waals surface area contributed by atoms with Crippen molar-refractivity contribution in [2.75, 3.05) is 0 Å². The molecule has 0 saturated heterocycles. The SMILES string of the molecule is C=C(C)N1Cc2c(cccc2-c2cccc(C=O)c2)C1=O. The highest BCUT2D eigenvalue weighted by Gasteiger charge is 2.29. The number of fused-ring (bicyclic) bond motifs is 1. The largest absolute Gasteiger partial charge is 0.309 e. The van der Waals surface area contributed by atoms with Crippen LogP contribution in [0.4, 0.5) is 0 Å². The van der Waals surface area contributed by atoms with Gasteiger partial charge in [0.2, 0.25) is 0 Å². The van der Waals surface area contributed by atoms with E-state index in [4.69, 9.17) is 0 Å². The summed E-state index contributed by atoms with van der Waals surface area (Å²) in [5.74, 6) is -0.00843. The number of allylic oxidation sites excluding steroid dienone is 1. The number of nitrogens with zero attached hydrogens (tertiary/aromatic N) is 1. The Bertz CT molecular complexity index is 762. The Balaban J connectivity index is 2.13. The molecule has 1 amide bonds. The highest BCUT2D eigenvalue weighted by atomic mass is 16.2. The van der Waals surface area contributed by atoms with Crippen molar-refractivity contribution in [3.05, 3.63) is 71.4 Å². The van der Waals surface area contributed by atoms with E-state index in [0.717, 1.165) is 28.7 Å². The van der Waals surface area contributed by atoms with Crippen LogP contribution in [0.5, 0.6) is 0 Å². The molecule has 2 aromatic rings. The zero-order valence-corrected chi connectivity index (χ0v) is 11.8. The van der Waals surface area contributed by atoms with Crippen molar-refractivity contribution >= 4 is 12.2 Å². The molecule has 0 unspecified atom stereocenters. The van der Waals surface area contributed by atoms with Gasteiger partial charge in [-0.3, -0.25) is 9.59 Å². The molecule has 1 aliphatic heterocycles. The molecule has 0 aromatic heterocycles. The number of carbonyl (C=O) groups is 2. The van der Waals surface area contributed by atoms with E-state index in [9.17, 15) is 9.59 Å². The van der Waals surface area contributed by atoms with Crippen molar-refractivity contribution in [1.29, 1.82) is 0 Å². The average molecular weight is 277 g/mol. The van der Waals surface area contributed by atoms with Crippen LogP contribution in [0.2, 0.25) is 0 Å². The minimum Gasteiger partial charge on any atom is -0.309 e. The monoisotopic (exact) mass is 277 g/mol. The van der Waals surface area contributed by atoms with Crippen LogP contribution in [0.3, 0.4) is 0 Å². The predicted octanol–water partition coefficient (Wildman–Crippen LogP) is 3.66. The lowest BCUT2D eigenvalue weighted by Crippen LogP contribution is -2.20. The molecular weight excluding hydrogens is 262 g/mol. The Morgan fingerprint density at radius 1 is 1.19 bits per heavy atom. The number of benzene rings is 2. The number of hydrogen-bond acceptors (Lipinski definition) is 2. The topological polar surface area (TPSA) is 37.4 Å². The van der Waals surface area contributed by atoms with E-state index >= 15 is 0 Å². The van der Waals surface area contributed by atoms with Crippen molar-refractivity contribution in [3.8, 4) is 11.1 Å². The van der Waals surface area contributed by atoms with Gasteiger partial charge in [0.1, 0.15) is 6.29 Å². The summed E-state index contributed by atoms with van der Waals surface area (Å²) < 4.78 is 0. The molecule has 3 rings (SSSR count). The zero-order chi connectivity index (χ0) is 15.0. The van der Waals surface area contributed by atoms with E-state index in [2.05, 4.69) is 6.58 Å². The maximum Gasteiger partial charge on any atom is 0.258 e. The third-order valence-electron chi connectivity index (χ3n) is 3.76. The summed E-state index contributed by atoms with van der Waals surface area (Å²) in [4.78, 5) is 25.0. The van der Waals surface area contributed by atoms with Crippen molar-refractivity contribution in [2.24, 2.45) is 0 Å². The van der Waals surface area contributed by atoms with Crippen LogP contribution in [0.25, 0.3) is 11.1 Å². The third-order valence-corrected chi connectivity index (χ3v) is 3.76. The van der Waals surface area contributed by atoms with Gasteiger partial charge in [-0.15, -0.1) is 0 Å². The second kappa shape index (κ2) is 5.02. The lowest BCUT2D eigenvalue weighted by molar-refractivity contribution is 0.0827. The molecule has 104 valence electrons. The first kappa shape index (κ1) is 13.3. The fourth-order valence-electron chi connectivity index (χ4n) is 2.69. The predicted molar refractivity (Wildman–Crippen MR) is 82.0 cm³/mol. The number of amides is 1. The number of aldehydes is 1. The molecule has 0 bridgehead atoms. The first-order valence-electron chi connectivity index (χ1n) is 6.76. The maximum atomic E-state index is 12.4. The molecule has 3 heteroatoms. The van der Waals surface area contributed by atoms with E-state index in [1.165, 1.54) is 0 Å². The molecule has 1 heterocycles. The van der Waals surface area contributed by atoms with Gasteiger partial charge in [0.05, 0.1) is 6.54 Å². The number of carbonyl (C=O) groups excluding carboxylic acids is 2. The van der Waals surface area contributed by atoms with Crippen molar-refractivity contribution in [2.45, 2.75) is 13.5 Å². The summed E-state index contributed by atoms with van der Waals surface area (Å²) in [6.07, 6.45) is 0.831. The summed E-state index contributed by atoms with van der Waals surface area (Å²) in [5.41, 5.74) is 5.02. The minimum absolute atomic E-state index is 0.00843. The summed E-state index contributed by atoms with van der Waals surface area (Å²) >= 11 is 0. The van der Waals surface area contributed by atoms with E-state index < -0.39 is 0 Å². The maximum absolute atomic E-state index is 12.4. The third kappa shape index (κ3) is 2.17. The van der Waals surface area contributed by atoms with Crippen molar-refractivity contribution < 1.29 is 9.59 Å². The van der Waals surface area contributed by atoms with Gasteiger partial charge >= 0.3 is 0 Å². The fraction of sp³-hybridized carbons (Fsp3) is 0.111.